The Morgan fingerprint density at radius 2 is 1.63 bits per heavy atom. The van der Waals surface area contributed by atoms with E-state index in [9.17, 15) is 0 Å². The molecule has 0 amide bonds. The van der Waals surface area contributed by atoms with Gasteiger partial charge in [0.1, 0.15) is 17.3 Å². The normalized spacial score (nSPS) is 17.9. The molecule has 1 aliphatic rings. The highest BCUT2D eigenvalue weighted by Gasteiger charge is 2.33. The molecule has 0 bridgehead atoms. The summed E-state index contributed by atoms with van der Waals surface area (Å²) in [7, 11) is 0. The summed E-state index contributed by atoms with van der Waals surface area (Å²) in [5.41, 5.74) is 11.1. The number of benzene rings is 3. The van der Waals surface area contributed by atoms with Gasteiger partial charge in [0.05, 0.1) is 28.1 Å². The smallest absolute Gasteiger partial charge is 0.137 e. The van der Waals surface area contributed by atoms with E-state index in [0.717, 1.165) is 46.2 Å². The minimum Gasteiger partial charge on any atom is -0.457 e. The minimum absolute atomic E-state index is 0.311. The number of aromatic nitrogens is 4. The first-order valence-corrected chi connectivity index (χ1v) is 19.1. The van der Waals surface area contributed by atoms with Crippen LogP contribution in [0.2, 0.25) is 0 Å². The molecule has 3 aromatic carbocycles. The van der Waals surface area contributed by atoms with Crippen LogP contribution in [0.3, 0.4) is 0 Å². The summed E-state index contributed by atoms with van der Waals surface area (Å²) in [5.74, 6) is 4.76. The van der Waals surface area contributed by atoms with Crippen molar-refractivity contribution >= 4 is 21.8 Å². The topological polar surface area (TPSA) is 44.9 Å². The van der Waals surface area contributed by atoms with E-state index in [-0.39, 0.29) is 0 Å². The minimum atomic E-state index is 0.311. The third kappa shape index (κ3) is 6.64. The Hall–Kier alpha value is -4.64. The van der Waals surface area contributed by atoms with Gasteiger partial charge in [-0.3, -0.25) is 4.57 Å². The number of rotatable bonds is 10. The SMILES string of the molecule is CCCCc1ccnc(-n2c3ccccc3c3ccc(Oc4cc(C(C)C)cc(-n5nc(C)c([C@H]6C(C)=C[C@H](C)CC6C)c5C(C)C)c4)cc32)c1. The number of nitrogens with zero attached hydrogens (tertiary/aromatic N) is 4. The van der Waals surface area contributed by atoms with Crippen molar-refractivity contribution in [2.75, 3.05) is 0 Å². The average molecular weight is 679 g/mol. The van der Waals surface area contributed by atoms with Crippen LogP contribution in [0.1, 0.15) is 120 Å². The van der Waals surface area contributed by atoms with Crippen LogP contribution in [-0.2, 0) is 6.42 Å². The van der Waals surface area contributed by atoms with Crippen LogP contribution in [0, 0.1) is 18.8 Å². The molecule has 1 aliphatic carbocycles. The van der Waals surface area contributed by atoms with Gasteiger partial charge >= 0.3 is 0 Å². The van der Waals surface area contributed by atoms with E-state index >= 15 is 0 Å². The van der Waals surface area contributed by atoms with E-state index < -0.39 is 0 Å². The van der Waals surface area contributed by atoms with E-state index in [1.54, 1.807) is 0 Å². The van der Waals surface area contributed by atoms with Crippen molar-refractivity contribution in [1.82, 2.24) is 19.3 Å². The van der Waals surface area contributed by atoms with Gasteiger partial charge in [0, 0.05) is 40.6 Å². The lowest BCUT2D eigenvalue weighted by Crippen LogP contribution is -2.21. The molecule has 3 aromatic heterocycles. The fourth-order valence-corrected chi connectivity index (χ4v) is 8.63. The molecule has 7 rings (SSSR count). The lowest BCUT2D eigenvalue weighted by atomic mass is 9.71. The third-order valence-corrected chi connectivity index (χ3v) is 10.9. The zero-order valence-corrected chi connectivity index (χ0v) is 32.0. The second-order valence-corrected chi connectivity index (χ2v) is 15.7. The van der Waals surface area contributed by atoms with Crippen LogP contribution in [0.25, 0.3) is 33.3 Å². The van der Waals surface area contributed by atoms with Crippen molar-refractivity contribution in [1.29, 1.82) is 0 Å². The summed E-state index contributed by atoms with van der Waals surface area (Å²) in [6, 6.07) is 26.1. The molecule has 5 nitrogen and oxygen atoms in total. The standard InChI is InChI=1S/C46H54N4O/c1-10-11-14-34-19-20-47-43(23-34)49-41-16-13-12-15-39(41)40-18-17-37(27-42(40)49)51-38-25-35(28(2)3)24-36(26-38)50-46(29(4)5)45(33(9)48-50)44-31(7)21-30(6)22-32(44)8/h12-13,15-21,23-30,32,44H,10-11,14,22H2,1-9H3/t30-,32?,44-/m0/s1. The fraction of sp³-hybridized carbons (Fsp3) is 0.391. The second kappa shape index (κ2) is 14.2. The van der Waals surface area contributed by atoms with Crippen molar-refractivity contribution in [2.45, 2.75) is 106 Å². The molecule has 5 heteroatoms. The van der Waals surface area contributed by atoms with Gasteiger partial charge in [0.25, 0.3) is 0 Å². The first-order chi connectivity index (χ1) is 24.5. The van der Waals surface area contributed by atoms with Crippen LogP contribution in [0.15, 0.2) is 90.6 Å². The molecule has 0 saturated carbocycles. The maximum Gasteiger partial charge on any atom is 0.137 e. The monoisotopic (exact) mass is 678 g/mol. The highest BCUT2D eigenvalue weighted by Crippen LogP contribution is 2.45. The highest BCUT2D eigenvalue weighted by molar-refractivity contribution is 6.09. The van der Waals surface area contributed by atoms with Crippen LogP contribution in [-0.4, -0.2) is 19.3 Å². The van der Waals surface area contributed by atoms with E-state index in [1.165, 1.54) is 58.0 Å². The molecule has 1 unspecified atom stereocenters. The second-order valence-electron chi connectivity index (χ2n) is 15.7. The van der Waals surface area contributed by atoms with Crippen LogP contribution in [0.4, 0.5) is 0 Å². The quantitative estimate of drug-likeness (QED) is 0.135. The summed E-state index contributed by atoms with van der Waals surface area (Å²) in [5, 5.41) is 7.67. The highest BCUT2D eigenvalue weighted by atomic mass is 16.5. The van der Waals surface area contributed by atoms with Gasteiger partial charge in [-0.05, 0) is 110 Å². The number of hydrogen-bond acceptors (Lipinski definition) is 3. The number of fused-ring (bicyclic) bond motifs is 3. The Morgan fingerprint density at radius 3 is 2.37 bits per heavy atom. The third-order valence-electron chi connectivity index (χ3n) is 10.9. The Balaban J connectivity index is 1.33. The molecule has 0 aliphatic heterocycles. The van der Waals surface area contributed by atoms with Crippen molar-refractivity contribution < 1.29 is 4.74 Å². The lowest BCUT2D eigenvalue weighted by Gasteiger charge is -2.33. The maximum atomic E-state index is 6.82. The Kier molecular flexibility index (Phi) is 9.67. The number of pyridine rings is 1. The van der Waals surface area contributed by atoms with Crippen molar-refractivity contribution in [3.05, 3.63) is 119 Å². The predicted molar refractivity (Wildman–Crippen MR) is 213 cm³/mol. The zero-order chi connectivity index (χ0) is 36.0. The Labute approximate surface area is 304 Å². The maximum absolute atomic E-state index is 6.82. The molecular formula is C46H54N4O. The fourth-order valence-electron chi connectivity index (χ4n) is 8.63. The molecule has 51 heavy (non-hydrogen) atoms. The number of allylic oxidation sites excluding steroid dienone is 2. The molecule has 3 heterocycles. The van der Waals surface area contributed by atoms with Gasteiger partial charge in [0.15, 0.2) is 0 Å². The van der Waals surface area contributed by atoms with Gasteiger partial charge in [-0.2, -0.15) is 5.10 Å². The first kappa shape index (κ1) is 34.8. The van der Waals surface area contributed by atoms with E-state index in [0.29, 0.717) is 29.6 Å². The number of para-hydroxylation sites is 1. The summed E-state index contributed by atoms with van der Waals surface area (Å²) >= 11 is 0. The molecular weight excluding hydrogens is 625 g/mol. The summed E-state index contributed by atoms with van der Waals surface area (Å²) in [4.78, 5) is 4.87. The lowest BCUT2D eigenvalue weighted by molar-refractivity contribution is 0.389. The summed E-state index contributed by atoms with van der Waals surface area (Å²) < 4.78 is 11.3. The van der Waals surface area contributed by atoms with E-state index in [1.807, 2.05) is 6.20 Å². The molecule has 0 spiro atoms. The number of ether oxygens (including phenoxy) is 1. The van der Waals surface area contributed by atoms with Gasteiger partial charge in [-0.1, -0.05) is 84.7 Å². The average Bonchev–Trinajstić information content (AvgIpc) is 3.61. The van der Waals surface area contributed by atoms with Crippen molar-refractivity contribution in [3.8, 4) is 23.0 Å². The summed E-state index contributed by atoms with van der Waals surface area (Å²) in [6.07, 6.45) is 9.02. The van der Waals surface area contributed by atoms with Crippen molar-refractivity contribution in [3.63, 3.8) is 0 Å². The number of hydrogen-bond donors (Lipinski definition) is 0. The van der Waals surface area contributed by atoms with Crippen molar-refractivity contribution in [2.24, 2.45) is 11.8 Å². The molecule has 0 fully saturated rings. The van der Waals surface area contributed by atoms with Crippen LogP contribution in [0.5, 0.6) is 11.5 Å². The molecule has 0 N–H and O–H groups in total. The summed E-state index contributed by atoms with van der Waals surface area (Å²) in [6.45, 7) is 20.6. The molecule has 6 aromatic rings. The van der Waals surface area contributed by atoms with Crippen LogP contribution < -0.4 is 4.74 Å². The Morgan fingerprint density at radius 1 is 0.843 bits per heavy atom. The van der Waals surface area contributed by atoms with E-state index in [2.05, 4.69) is 150 Å². The van der Waals surface area contributed by atoms with Crippen LogP contribution >= 0.6 is 0 Å². The zero-order valence-electron chi connectivity index (χ0n) is 32.0. The molecule has 3 atom stereocenters. The molecule has 0 saturated heterocycles. The largest absolute Gasteiger partial charge is 0.457 e. The number of aryl methyl sites for hydroxylation is 2. The van der Waals surface area contributed by atoms with Gasteiger partial charge in [-0.25, -0.2) is 9.67 Å². The van der Waals surface area contributed by atoms with Gasteiger partial charge < -0.3 is 4.74 Å². The van der Waals surface area contributed by atoms with Gasteiger partial charge in [-0.15, -0.1) is 0 Å². The molecule has 0 radical (unpaired) electrons. The Bertz CT molecular complexity index is 2230. The molecule has 264 valence electrons. The predicted octanol–water partition coefficient (Wildman–Crippen LogP) is 12.8. The van der Waals surface area contributed by atoms with E-state index in [4.69, 9.17) is 14.8 Å². The number of unbranched alkanes of at least 4 members (excludes halogenated alkanes) is 1. The van der Waals surface area contributed by atoms with Gasteiger partial charge in [0.2, 0.25) is 0 Å². The first-order valence-electron chi connectivity index (χ1n) is 19.1.